The molecule has 1 atom stereocenters. The highest BCUT2D eigenvalue weighted by Gasteiger charge is 2.21. The molecular formula is C27H24N4O3S2. The van der Waals surface area contributed by atoms with Gasteiger partial charge in [0.05, 0.1) is 6.07 Å². The third-order valence-electron chi connectivity index (χ3n) is 5.21. The van der Waals surface area contributed by atoms with Crippen LogP contribution in [-0.2, 0) is 24.4 Å². The van der Waals surface area contributed by atoms with E-state index in [-0.39, 0.29) is 6.42 Å². The molecule has 3 aromatic carbocycles. The van der Waals surface area contributed by atoms with Gasteiger partial charge in [-0.2, -0.15) is 5.26 Å². The lowest BCUT2D eigenvalue weighted by Gasteiger charge is -2.15. The van der Waals surface area contributed by atoms with Crippen LogP contribution in [0.4, 0.5) is 5.13 Å². The molecule has 4 rings (SSSR count). The molecule has 0 aliphatic rings. The minimum atomic E-state index is -0.898. The van der Waals surface area contributed by atoms with E-state index in [2.05, 4.69) is 21.6 Å². The van der Waals surface area contributed by atoms with Gasteiger partial charge < -0.3 is 9.47 Å². The van der Waals surface area contributed by atoms with Crippen LogP contribution in [0.3, 0.4) is 0 Å². The summed E-state index contributed by atoms with van der Waals surface area (Å²) in [5.74, 6) is -0.171. The van der Waals surface area contributed by atoms with E-state index in [0.29, 0.717) is 29.8 Å². The first-order valence-electron chi connectivity index (χ1n) is 11.2. The molecule has 0 radical (unpaired) electrons. The minimum Gasteiger partial charge on any atom is -0.485 e. The van der Waals surface area contributed by atoms with E-state index < -0.39 is 11.8 Å². The summed E-state index contributed by atoms with van der Waals surface area (Å²) >= 11 is 2.72. The highest BCUT2D eigenvalue weighted by molar-refractivity contribution is 8.00. The lowest BCUT2D eigenvalue weighted by atomic mass is 9.99. The number of anilines is 1. The molecule has 0 spiro atoms. The molecule has 1 aromatic heterocycles. The summed E-state index contributed by atoms with van der Waals surface area (Å²) < 4.78 is 12.9. The van der Waals surface area contributed by atoms with Gasteiger partial charge in [0, 0.05) is 0 Å². The molecule has 0 saturated heterocycles. The van der Waals surface area contributed by atoms with E-state index in [1.807, 2.05) is 85.1 Å². The first-order chi connectivity index (χ1) is 17.6. The number of benzene rings is 3. The average molecular weight is 517 g/mol. The van der Waals surface area contributed by atoms with Crippen LogP contribution in [-0.4, -0.2) is 22.4 Å². The summed E-state index contributed by atoms with van der Waals surface area (Å²) in [7, 11) is 0. The predicted octanol–water partition coefficient (Wildman–Crippen LogP) is 5.74. The van der Waals surface area contributed by atoms with Crippen molar-refractivity contribution in [2.45, 2.75) is 24.0 Å². The molecule has 1 heterocycles. The number of ether oxygens (including phenoxy) is 2. The minimum absolute atomic E-state index is 0.219. The molecule has 9 heteroatoms. The normalized spacial score (nSPS) is 11.3. The van der Waals surface area contributed by atoms with Gasteiger partial charge in [0.1, 0.15) is 19.1 Å². The second kappa shape index (κ2) is 12.7. The second-order valence-corrected chi connectivity index (χ2v) is 9.81. The van der Waals surface area contributed by atoms with Gasteiger partial charge in [-0.1, -0.05) is 89.8 Å². The average Bonchev–Trinajstić information content (AvgIpc) is 3.38. The Balaban J connectivity index is 1.49. The number of carbonyl (C=O) groups is 1. The van der Waals surface area contributed by atoms with Gasteiger partial charge >= 0.3 is 0 Å². The molecule has 1 N–H and O–H groups in total. The number of carbonyl (C=O) groups excluding carboxylic acids is 1. The Labute approximate surface area is 218 Å². The number of nitrogens with one attached hydrogen (secondary N) is 1. The topological polar surface area (TPSA) is 97.1 Å². The molecule has 0 saturated carbocycles. The zero-order valence-corrected chi connectivity index (χ0v) is 21.2. The lowest BCUT2D eigenvalue weighted by Crippen LogP contribution is -2.23. The number of nitrogens with zero attached hydrogens (tertiary/aromatic N) is 3. The van der Waals surface area contributed by atoms with Crippen molar-refractivity contribution in [3.63, 3.8) is 0 Å². The van der Waals surface area contributed by atoms with E-state index in [0.717, 1.165) is 21.0 Å². The third kappa shape index (κ3) is 7.07. The number of thioether (sulfide) groups is 1. The Kier molecular flexibility index (Phi) is 8.92. The van der Waals surface area contributed by atoms with Gasteiger partial charge in [-0.25, -0.2) is 0 Å². The van der Waals surface area contributed by atoms with Crippen molar-refractivity contribution in [3.8, 4) is 17.6 Å². The Morgan fingerprint density at radius 1 is 0.944 bits per heavy atom. The lowest BCUT2D eigenvalue weighted by molar-refractivity contribution is -0.118. The highest BCUT2D eigenvalue weighted by atomic mass is 32.2. The van der Waals surface area contributed by atoms with Crippen molar-refractivity contribution in [2.24, 2.45) is 5.92 Å². The van der Waals surface area contributed by atoms with Crippen LogP contribution in [0, 0.1) is 17.2 Å². The van der Waals surface area contributed by atoms with Gasteiger partial charge in [-0.15, -0.1) is 10.2 Å². The number of hydrogen-bond acceptors (Lipinski definition) is 8. The molecule has 182 valence electrons. The van der Waals surface area contributed by atoms with Gasteiger partial charge in [-0.3, -0.25) is 10.1 Å². The predicted molar refractivity (Wildman–Crippen MR) is 141 cm³/mol. The second-order valence-electron chi connectivity index (χ2n) is 7.78. The number of aromatic nitrogens is 2. The molecular weight excluding hydrogens is 492 g/mol. The zero-order chi connectivity index (χ0) is 25.2. The Bertz CT molecular complexity index is 1320. The highest BCUT2D eigenvalue weighted by Crippen LogP contribution is 2.31. The van der Waals surface area contributed by atoms with Crippen molar-refractivity contribution in [1.82, 2.24) is 10.2 Å². The van der Waals surface area contributed by atoms with Crippen LogP contribution in [0.15, 0.2) is 83.2 Å². The molecule has 7 nitrogen and oxygen atoms in total. The number of amides is 1. The van der Waals surface area contributed by atoms with Crippen LogP contribution < -0.4 is 14.8 Å². The van der Waals surface area contributed by atoms with Crippen LogP contribution >= 0.6 is 23.1 Å². The van der Waals surface area contributed by atoms with E-state index in [4.69, 9.17) is 9.47 Å². The summed E-state index contributed by atoms with van der Waals surface area (Å²) in [6, 6.07) is 27.3. The number of hydrogen-bond donors (Lipinski definition) is 1. The molecule has 0 aliphatic carbocycles. The third-order valence-corrected chi connectivity index (χ3v) is 7.02. The molecule has 0 fully saturated rings. The summed E-state index contributed by atoms with van der Waals surface area (Å²) in [4.78, 5) is 12.7. The molecule has 4 aromatic rings. The zero-order valence-electron chi connectivity index (χ0n) is 19.6. The van der Waals surface area contributed by atoms with Crippen LogP contribution in [0.2, 0.25) is 0 Å². The SMILES string of the molecule is CSc1nnc(NC(=O)C(C#N)Cc2ccc(OCc3ccccc3)c(OCc3ccccc3)c2)s1. The molecule has 0 aliphatic heterocycles. The summed E-state index contributed by atoms with van der Waals surface area (Å²) in [6.45, 7) is 0.758. The fraction of sp³-hybridized carbons (Fsp3) is 0.185. The maximum atomic E-state index is 12.7. The molecule has 1 unspecified atom stereocenters. The first-order valence-corrected chi connectivity index (χ1v) is 13.2. The number of nitriles is 1. The molecule has 1 amide bonds. The summed E-state index contributed by atoms with van der Waals surface area (Å²) in [5, 5.41) is 20.7. The quantitative estimate of drug-likeness (QED) is 0.201. The van der Waals surface area contributed by atoms with Crippen molar-refractivity contribution >= 4 is 34.1 Å². The summed E-state index contributed by atoms with van der Waals surface area (Å²) in [5.41, 5.74) is 2.85. The smallest absolute Gasteiger partial charge is 0.243 e. The van der Waals surface area contributed by atoms with Crippen molar-refractivity contribution in [2.75, 3.05) is 11.6 Å². The fourth-order valence-corrected chi connectivity index (χ4v) is 4.52. The number of rotatable bonds is 11. The fourth-order valence-electron chi connectivity index (χ4n) is 3.35. The van der Waals surface area contributed by atoms with Crippen molar-refractivity contribution in [3.05, 3.63) is 95.6 Å². The van der Waals surface area contributed by atoms with Gasteiger partial charge in [0.15, 0.2) is 15.8 Å². The van der Waals surface area contributed by atoms with Crippen LogP contribution in [0.25, 0.3) is 0 Å². The van der Waals surface area contributed by atoms with Gasteiger partial charge in [0.25, 0.3) is 0 Å². The van der Waals surface area contributed by atoms with Crippen molar-refractivity contribution < 1.29 is 14.3 Å². The van der Waals surface area contributed by atoms with E-state index in [9.17, 15) is 10.1 Å². The Morgan fingerprint density at radius 2 is 1.58 bits per heavy atom. The molecule has 36 heavy (non-hydrogen) atoms. The van der Waals surface area contributed by atoms with Crippen molar-refractivity contribution in [1.29, 1.82) is 5.26 Å². The standard InChI is InChI=1S/C27H24N4O3S2/c1-35-27-31-30-26(36-27)29-25(32)22(16-28)14-21-12-13-23(33-17-19-8-4-2-5-9-19)24(15-21)34-18-20-10-6-3-7-11-20/h2-13,15,22H,14,17-18H2,1H3,(H,29,30,32). The molecule has 0 bridgehead atoms. The summed E-state index contributed by atoms with van der Waals surface area (Å²) in [6.07, 6.45) is 2.10. The maximum absolute atomic E-state index is 12.7. The Hall–Kier alpha value is -3.87. The van der Waals surface area contributed by atoms with Crippen LogP contribution in [0.5, 0.6) is 11.5 Å². The largest absolute Gasteiger partial charge is 0.485 e. The monoisotopic (exact) mass is 516 g/mol. The van der Waals surface area contributed by atoms with E-state index in [1.165, 1.54) is 23.1 Å². The van der Waals surface area contributed by atoms with Gasteiger partial charge in [-0.05, 0) is 41.5 Å². The maximum Gasteiger partial charge on any atom is 0.243 e. The first kappa shape index (κ1) is 25.2. The van der Waals surface area contributed by atoms with E-state index >= 15 is 0 Å². The van der Waals surface area contributed by atoms with Gasteiger partial charge in [0.2, 0.25) is 11.0 Å². The van der Waals surface area contributed by atoms with E-state index in [1.54, 1.807) is 0 Å². The van der Waals surface area contributed by atoms with Crippen LogP contribution in [0.1, 0.15) is 16.7 Å². The Morgan fingerprint density at radius 3 is 2.17 bits per heavy atom.